The van der Waals surface area contributed by atoms with Crippen LogP contribution in [0.3, 0.4) is 0 Å². The highest BCUT2D eigenvalue weighted by atomic mass is 32.2. The third-order valence-corrected chi connectivity index (χ3v) is 7.12. The molecular weight excluding hydrogens is 452 g/mol. The Morgan fingerprint density at radius 2 is 2.00 bits per heavy atom. The first-order valence-corrected chi connectivity index (χ1v) is 12.4. The van der Waals surface area contributed by atoms with Gasteiger partial charge in [-0.2, -0.15) is 4.72 Å². The van der Waals surface area contributed by atoms with Crippen LogP contribution in [0.25, 0.3) is 0 Å². The number of nitrogens with zero attached hydrogens (tertiary/aromatic N) is 1. The maximum absolute atomic E-state index is 12.0. The number of aryl methyl sites for hydroxylation is 1. The Hall–Kier alpha value is -3.23. The summed E-state index contributed by atoms with van der Waals surface area (Å²) in [5, 5.41) is -0.313. The van der Waals surface area contributed by atoms with Gasteiger partial charge in [0.15, 0.2) is 5.25 Å². The minimum Gasteiger partial charge on any atom is -0.593 e. The molecule has 34 heavy (non-hydrogen) atoms. The summed E-state index contributed by atoms with van der Waals surface area (Å²) in [6.45, 7) is 6.09. The Morgan fingerprint density at radius 3 is 2.68 bits per heavy atom. The van der Waals surface area contributed by atoms with E-state index in [-0.39, 0.29) is 23.7 Å². The third-order valence-electron chi connectivity index (χ3n) is 5.74. The zero-order chi connectivity index (χ0) is 24.1. The lowest BCUT2D eigenvalue weighted by atomic mass is 10.1. The number of benzene rings is 1. The predicted octanol–water partition coefficient (Wildman–Crippen LogP) is 4.63. The Morgan fingerprint density at radius 1 is 1.21 bits per heavy atom. The summed E-state index contributed by atoms with van der Waals surface area (Å²) >= 11 is -1.37. The van der Waals surface area contributed by atoms with Crippen LogP contribution in [-0.4, -0.2) is 28.7 Å². The minimum absolute atomic E-state index is 0.0279. The number of methoxy groups -OCH3 is 1. The number of carbonyl (C=O) groups is 1. The van der Waals surface area contributed by atoms with E-state index in [1.54, 1.807) is 13.2 Å². The van der Waals surface area contributed by atoms with E-state index in [4.69, 9.17) is 14.2 Å². The Balaban J connectivity index is 1.36. The molecule has 4 rings (SSSR count). The molecule has 1 aliphatic carbocycles. The average Bonchev–Trinajstić information content (AvgIpc) is 3.20. The van der Waals surface area contributed by atoms with Crippen molar-refractivity contribution in [3.63, 3.8) is 0 Å². The van der Waals surface area contributed by atoms with Crippen LogP contribution in [0.4, 0.5) is 0 Å². The second kappa shape index (κ2) is 10.8. The maximum atomic E-state index is 12.0. The molecule has 178 valence electrons. The van der Waals surface area contributed by atoms with E-state index in [2.05, 4.69) is 22.4 Å². The van der Waals surface area contributed by atoms with Gasteiger partial charge in [0.1, 0.15) is 23.4 Å². The Labute approximate surface area is 202 Å². The first-order valence-electron chi connectivity index (χ1n) is 11.1. The van der Waals surface area contributed by atoms with Crippen molar-refractivity contribution in [1.82, 2.24) is 9.71 Å². The van der Waals surface area contributed by atoms with E-state index in [0.717, 1.165) is 35.4 Å². The molecule has 0 radical (unpaired) electrons. The van der Waals surface area contributed by atoms with Gasteiger partial charge in [0.05, 0.1) is 30.6 Å². The van der Waals surface area contributed by atoms with Crippen LogP contribution in [0.2, 0.25) is 0 Å². The van der Waals surface area contributed by atoms with E-state index in [0.29, 0.717) is 23.8 Å². The lowest BCUT2D eigenvalue weighted by Crippen LogP contribution is -2.21. The number of allylic oxidation sites excluding steroid dienone is 3. The van der Waals surface area contributed by atoms with Crippen LogP contribution in [0.15, 0.2) is 72.5 Å². The molecule has 1 amide bonds. The van der Waals surface area contributed by atoms with Gasteiger partial charge in [-0.05, 0) is 49.6 Å². The number of ether oxygens (including phenoxy) is 3. The van der Waals surface area contributed by atoms with Crippen molar-refractivity contribution in [3.05, 3.63) is 83.8 Å². The van der Waals surface area contributed by atoms with E-state index >= 15 is 0 Å². The summed E-state index contributed by atoms with van der Waals surface area (Å²) in [6.07, 6.45) is 8.37. The van der Waals surface area contributed by atoms with Gasteiger partial charge >= 0.3 is 0 Å². The normalized spacial score (nSPS) is 23.7. The number of hydrogen-bond acceptors (Lipinski definition) is 6. The topological polar surface area (TPSA) is 92.7 Å². The first-order chi connectivity index (χ1) is 16.4. The molecular formula is C26H28N2O5S. The van der Waals surface area contributed by atoms with Gasteiger partial charge in [0.25, 0.3) is 5.91 Å². The van der Waals surface area contributed by atoms with Crippen LogP contribution in [0.5, 0.6) is 17.4 Å². The van der Waals surface area contributed by atoms with Crippen molar-refractivity contribution < 1.29 is 23.6 Å². The number of hydrogen-bond donors (Lipinski definition) is 1. The van der Waals surface area contributed by atoms with E-state index in [1.165, 1.54) is 0 Å². The molecule has 1 aromatic carbocycles. The SMILES string of the molecule is C=C1CC[C@@H](Oc2ccc(C3CC(=O)N[S+]3[O-])cc2)C/C=C\C=C1Oc1ccc(OC)nc1C. The molecule has 1 saturated heterocycles. The molecule has 1 aromatic heterocycles. The summed E-state index contributed by atoms with van der Waals surface area (Å²) in [5.74, 6) is 2.45. The second-order valence-electron chi connectivity index (χ2n) is 8.20. The van der Waals surface area contributed by atoms with Crippen molar-refractivity contribution in [2.45, 2.75) is 44.0 Å². The van der Waals surface area contributed by atoms with Crippen molar-refractivity contribution in [3.8, 4) is 17.4 Å². The lowest BCUT2D eigenvalue weighted by molar-refractivity contribution is -0.118. The monoisotopic (exact) mass is 480 g/mol. The molecule has 8 heteroatoms. The summed E-state index contributed by atoms with van der Waals surface area (Å²) in [7, 11) is 1.58. The highest BCUT2D eigenvalue weighted by molar-refractivity contribution is 7.90. The summed E-state index contributed by atoms with van der Waals surface area (Å²) in [4.78, 5) is 15.8. The smallest absolute Gasteiger partial charge is 0.266 e. The average molecular weight is 481 g/mol. The number of pyridine rings is 1. The van der Waals surface area contributed by atoms with Gasteiger partial charge in [0.2, 0.25) is 5.88 Å². The van der Waals surface area contributed by atoms with Gasteiger partial charge in [-0.15, -0.1) is 0 Å². The fourth-order valence-electron chi connectivity index (χ4n) is 3.82. The highest BCUT2D eigenvalue weighted by Crippen LogP contribution is 2.32. The molecule has 1 aliphatic heterocycles. The molecule has 2 aliphatic rings. The molecule has 2 aromatic rings. The number of carbonyl (C=O) groups excluding carboxylic acids is 1. The van der Waals surface area contributed by atoms with E-state index in [1.807, 2.05) is 49.4 Å². The summed E-state index contributed by atoms with van der Waals surface area (Å²) < 4.78 is 32.0. The summed E-state index contributed by atoms with van der Waals surface area (Å²) in [6, 6.07) is 11.1. The predicted molar refractivity (Wildman–Crippen MR) is 131 cm³/mol. The van der Waals surface area contributed by atoms with Gasteiger partial charge in [-0.1, -0.05) is 30.9 Å². The molecule has 0 bridgehead atoms. The molecule has 7 nitrogen and oxygen atoms in total. The van der Waals surface area contributed by atoms with E-state index < -0.39 is 11.4 Å². The molecule has 3 atom stereocenters. The van der Waals surface area contributed by atoms with Crippen LogP contribution in [-0.2, 0) is 16.2 Å². The number of amides is 1. The zero-order valence-electron chi connectivity index (χ0n) is 19.3. The second-order valence-corrected chi connectivity index (χ2v) is 9.57. The molecule has 2 unspecified atom stereocenters. The summed E-state index contributed by atoms with van der Waals surface area (Å²) in [5.41, 5.74) is 2.48. The van der Waals surface area contributed by atoms with Crippen LogP contribution in [0, 0.1) is 6.92 Å². The maximum Gasteiger partial charge on any atom is 0.266 e. The van der Waals surface area contributed by atoms with Crippen LogP contribution < -0.4 is 18.9 Å². The Bertz CT molecular complexity index is 1110. The third kappa shape index (κ3) is 5.81. The molecule has 0 spiro atoms. The van der Waals surface area contributed by atoms with Crippen molar-refractivity contribution >= 4 is 17.3 Å². The van der Waals surface area contributed by atoms with Gasteiger partial charge < -0.3 is 18.8 Å². The minimum atomic E-state index is -1.37. The van der Waals surface area contributed by atoms with Gasteiger partial charge in [0, 0.05) is 18.1 Å². The lowest BCUT2D eigenvalue weighted by Gasteiger charge is -2.19. The Kier molecular flexibility index (Phi) is 7.59. The fraction of sp³-hybridized carbons (Fsp3) is 0.308. The van der Waals surface area contributed by atoms with Crippen molar-refractivity contribution in [1.29, 1.82) is 0 Å². The zero-order valence-corrected chi connectivity index (χ0v) is 20.1. The first kappa shape index (κ1) is 23.9. The molecule has 2 heterocycles. The van der Waals surface area contributed by atoms with E-state index in [9.17, 15) is 9.35 Å². The molecule has 1 N–H and O–H groups in total. The van der Waals surface area contributed by atoms with Gasteiger partial charge in [-0.3, -0.25) is 4.79 Å². The molecule has 0 saturated carbocycles. The molecule has 1 fully saturated rings. The number of nitrogens with one attached hydrogen (secondary N) is 1. The standard InChI is InChI=1S/C26H28N2O5S/c1-17-8-11-20(32-21-12-9-19(10-13-21)24-16-25(29)28-34(24)30)6-4-5-7-22(17)33-23-14-15-26(31-3)27-18(23)2/h4-5,7,9-10,12-15,20,24H,1,6,8,11,16H2,2-3H3,(H,28,29)/b5-4-,22-7?/t20-,24?,34?/m0/s1. The number of rotatable bonds is 6. The fourth-order valence-corrected chi connectivity index (χ4v) is 4.98. The quantitative estimate of drug-likeness (QED) is 0.606. The van der Waals surface area contributed by atoms with Crippen molar-refractivity contribution in [2.24, 2.45) is 0 Å². The van der Waals surface area contributed by atoms with Gasteiger partial charge in [-0.25, -0.2) is 4.98 Å². The number of aromatic nitrogens is 1. The highest BCUT2D eigenvalue weighted by Gasteiger charge is 2.36. The van der Waals surface area contributed by atoms with Crippen molar-refractivity contribution in [2.75, 3.05) is 7.11 Å². The van der Waals surface area contributed by atoms with Crippen LogP contribution in [0.1, 0.15) is 42.2 Å². The van der Waals surface area contributed by atoms with Crippen LogP contribution >= 0.6 is 0 Å². The largest absolute Gasteiger partial charge is 0.593 e.